The van der Waals surface area contributed by atoms with E-state index in [2.05, 4.69) is 51.9 Å². The van der Waals surface area contributed by atoms with Crippen molar-refractivity contribution in [3.8, 4) is 45.8 Å². The van der Waals surface area contributed by atoms with E-state index in [4.69, 9.17) is 25.9 Å². The number of likely N-dealkylation sites (tertiary alicyclic amines) is 1. The SMILES string of the molecule is C#Cc1c(F)ccc2cc(O)cc(-c3ncc4c(N5CC6CCC(C5)N6)nc(OC[C@]56CCCN5[C@H](CN(C)C(=O)CCOCCC(=O)N[C@H](C(=O)N5CCC[C@@]5([Si])C(=O)NCc5ccc(-c7scnc7C)cc5)C(C)(C)C)CC6)nc4c3F)c12. The Kier molecular flexibility index (Phi) is 17.0. The van der Waals surface area contributed by atoms with Crippen molar-refractivity contribution >= 4 is 72.7 Å². The van der Waals surface area contributed by atoms with E-state index in [1.54, 1.807) is 23.3 Å². The van der Waals surface area contributed by atoms with Gasteiger partial charge in [0, 0.05) is 81.5 Å². The fourth-order valence-electron chi connectivity index (χ4n) is 13.4. The van der Waals surface area contributed by atoms with Gasteiger partial charge in [-0.3, -0.25) is 29.1 Å². The highest BCUT2D eigenvalue weighted by atomic mass is 32.1. The lowest BCUT2D eigenvalue weighted by atomic mass is 9.85. The van der Waals surface area contributed by atoms with Gasteiger partial charge in [-0.15, -0.1) is 17.8 Å². The third-order valence-corrected chi connectivity index (χ3v) is 19.5. The number of aromatic hydroxyl groups is 1. The number of aryl methyl sites for hydroxylation is 1. The second-order valence-electron chi connectivity index (χ2n) is 24.6. The Bertz CT molecular complexity index is 3590. The molecule has 11 rings (SSSR count). The average molecular weight is 1190 g/mol. The fraction of sp³-hybridized carbons (Fsp3) is 0.492. The zero-order valence-corrected chi connectivity index (χ0v) is 50.6. The summed E-state index contributed by atoms with van der Waals surface area (Å²) in [4.78, 5) is 82.7. The van der Waals surface area contributed by atoms with E-state index in [0.29, 0.717) is 55.6 Å². The van der Waals surface area contributed by atoms with Crippen LogP contribution in [-0.2, 0) is 30.5 Å². The lowest BCUT2D eigenvalue weighted by molar-refractivity contribution is -0.145. The minimum atomic E-state index is -1.29. The molecule has 4 amide bonds. The third-order valence-electron chi connectivity index (χ3n) is 17.8. The molecule has 0 saturated carbocycles. The maximum atomic E-state index is 17.3. The Morgan fingerprint density at radius 2 is 1.74 bits per heavy atom. The maximum absolute atomic E-state index is 17.3. The number of amides is 4. The van der Waals surface area contributed by atoms with Gasteiger partial charge in [-0.05, 0) is 105 Å². The first-order valence-electron chi connectivity index (χ1n) is 29.4. The first-order chi connectivity index (χ1) is 40.7. The molecule has 3 aromatic heterocycles. The lowest BCUT2D eigenvalue weighted by Crippen LogP contribution is -2.63. The Hall–Kier alpha value is -7.16. The summed E-state index contributed by atoms with van der Waals surface area (Å²) in [6.45, 7) is 11.2. The summed E-state index contributed by atoms with van der Waals surface area (Å²) in [6, 6.07) is 13.1. The van der Waals surface area contributed by atoms with Crippen LogP contribution < -0.4 is 25.6 Å². The molecule has 3 radical (unpaired) electrons. The molecule has 0 spiro atoms. The molecule has 6 aromatic rings. The van der Waals surface area contributed by atoms with Crippen molar-refractivity contribution in [3.05, 3.63) is 88.7 Å². The van der Waals surface area contributed by atoms with Gasteiger partial charge >= 0.3 is 6.01 Å². The fourth-order valence-corrected chi connectivity index (χ4v) is 14.6. The lowest BCUT2D eigenvalue weighted by Gasteiger charge is -2.40. The van der Waals surface area contributed by atoms with Crippen molar-refractivity contribution < 1.29 is 42.5 Å². The number of nitrogens with one attached hydrogen (secondary N) is 3. The summed E-state index contributed by atoms with van der Waals surface area (Å²) < 4.78 is 44.9. The van der Waals surface area contributed by atoms with Gasteiger partial charge in [0.15, 0.2) is 5.82 Å². The molecule has 22 heteroatoms. The third kappa shape index (κ3) is 12.1. The second kappa shape index (κ2) is 24.3. The molecule has 85 heavy (non-hydrogen) atoms. The normalized spacial score (nSPS) is 22.4. The van der Waals surface area contributed by atoms with E-state index in [1.807, 2.05) is 57.5 Å². The summed E-state index contributed by atoms with van der Waals surface area (Å²) in [7, 11) is 5.51. The molecule has 2 unspecified atom stereocenters. The van der Waals surface area contributed by atoms with E-state index in [0.717, 1.165) is 66.8 Å². The number of pyridine rings is 1. The Morgan fingerprint density at radius 1 is 0.988 bits per heavy atom. The molecule has 445 valence electrons. The molecule has 6 atom stereocenters. The number of fused-ring (bicyclic) bond motifs is 5. The molecule has 5 saturated heterocycles. The molecule has 5 fully saturated rings. The van der Waals surface area contributed by atoms with Crippen LogP contribution in [0.4, 0.5) is 14.6 Å². The Balaban J connectivity index is 0.681. The van der Waals surface area contributed by atoms with Gasteiger partial charge in [0.1, 0.15) is 46.4 Å². The monoisotopic (exact) mass is 1190 g/mol. The van der Waals surface area contributed by atoms with Gasteiger partial charge in [0.2, 0.25) is 23.6 Å². The predicted molar refractivity (Wildman–Crippen MR) is 322 cm³/mol. The van der Waals surface area contributed by atoms with Crippen LogP contribution in [0.15, 0.2) is 60.2 Å². The summed E-state index contributed by atoms with van der Waals surface area (Å²) in [5, 5.41) is 20.1. The molecule has 4 N–H and O–H groups in total. The van der Waals surface area contributed by atoms with Gasteiger partial charge in [-0.1, -0.05) is 57.0 Å². The van der Waals surface area contributed by atoms with E-state index in [1.165, 1.54) is 35.4 Å². The number of terminal acetylenes is 1. The van der Waals surface area contributed by atoms with Crippen LogP contribution in [0.5, 0.6) is 11.8 Å². The molecule has 5 aliphatic heterocycles. The Morgan fingerprint density at radius 3 is 2.47 bits per heavy atom. The summed E-state index contributed by atoms with van der Waals surface area (Å²) in [5.74, 6) is 0.125. The minimum Gasteiger partial charge on any atom is -0.508 e. The van der Waals surface area contributed by atoms with E-state index in [-0.39, 0.29) is 126 Å². The van der Waals surface area contributed by atoms with Gasteiger partial charge in [-0.25, -0.2) is 13.8 Å². The molecule has 2 bridgehead atoms. The van der Waals surface area contributed by atoms with Crippen LogP contribution in [0.3, 0.4) is 0 Å². The number of hydrogen-bond acceptors (Lipinski definition) is 15. The van der Waals surface area contributed by atoms with E-state index >= 15 is 8.78 Å². The first-order valence-corrected chi connectivity index (χ1v) is 30.8. The van der Waals surface area contributed by atoms with Crippen molar-refractivity contribution in [1.82, 2.24) is 50.6 Å². The van der Waals surface area contributed by atoms with Crippen molar-refractivity contribution in [2.45, 2.75) is 133 Å². The van der Waals surface area contributed by atoms with Gasteiger partial charge in [0.25, 0.3) is 0 Å². The van der Waals surface area contributed by atoms with Crippen molar-refractivity contribution in [1.29, 1.82) is 0 Å². The zero-order valence-electron chi connectivity index (χ0n) is 48.7. The van der Waals surface area contributed by atoms with Crippen LogP contribution in [0.2, 0.25) is 0 Å². The number of rotatable bonds is 19. The topological polar surface area (TPSA) is 208 Å². The number of ether oxygens (including phenoxy) is 2. The smallest absolute Gasteiger partial charge is 0.319 e. The standard InChI is InChI=1S/C63H72F2N11O7SSi/c1-7-45-48(64)17-14-40-28-44(77)29-46(51(40)45)53-52(65)54-47(31-66-53)57(74-32-41-15-16-42(33-74)69-41)72-60(71-54)83-35-62-21-8-24-75(62)43(18-23-62)34-73(6)50(79)20-27-82-26-19-49(78)70-56(61(3,4)5)58(80)76-25-9-22-63(76,85)59(81)67-30-38-10-12-39(13-11-38)55-37(2)68-36-84-55/h1,10-14,17,28-29,31,36,41-43,56,69,77H,8-9,15-16,18-27,30,32-35H2,2-6H3,(H,67,81)(H,70,78)/t41?,42?,43-,56+,62+,63+/m0/s1. The summed E-state index contributed by atoms with van der Waals surface area (Å²) >= 11 is 1.58. The number of carbonyl (C=O) groups excluding carboxylic acids is 4. The van der Waals surface area contributed by atoms with Crippen molar-refractivity contribution in [2.24, 2.45) is 5.41 Å². The molecular weight excluding hydrogens is 1120 g/mol. The summed E-state index contributed by atoms with van der Waals surface area (Å²) in [5.41, 5.74) is 3.58. The van der Waals surface area contributed by atoms with Crippen LogP contribution >= 0.6 is 11.3 Å². The average Bonchev–Trinajstić information content (AvgIpc) is 1.78. The molecule has 18 nitrogen and oxygen atoms in total. The van der Waals surface area contributed by atoms with Crippen LogP contribution in [-0.4, -0.2) is 168 Å². The number of halogens is 2. The number of phenolic OH excluding ortho intramolecular Hbond substituents is 1. The quantitative estimate of drug-likeness (QED) is 0.0361. The highest BCUT2D eigenvalue weighted by Crippen LogP contribution is 2.44. The number of hydrogen-bond donors (Lipinski definition) is 4. The van der Waals surface area contributed by atoms with Crippen molar-refractivity contribution in [3.63, 3.8) is 0 Å². The Labute approximate surface area is 501 Å². The molecule has 0 aliphatic carbocycles. The van der Waals surface area contributed by atoms with Crippen LogP contribution in [0.1, 0.15) is 102 Å². The van der Waals surface area contributed by atoms with Gasteiger partial charge in [0.05, 0.1) is 62.4 Å². The van der Waals surface area contributed by atoms with Gasteiger partial charge < -0.3 is 45.2 Å². The number of nitrogens with zero attached hydrogens (tertiary/aromatic N) is 8. The zero-order chi connectivity index (χ0) is 60.0. The van der Waals surface area contributed by atoms with Gasteiger partial charge in [-0.2, -0.15) is 9.97 Å². The summed E-state index contributed by atoms with van der Waals surface area (Å²) in [6.07, 6.45) is 13.8. The highest BCUT2D eigenvalue weighted by molar-refractivity contribution is 7.13. The maximum Gasteiger partial charge on any atom is 0.319 e. The first kappa shape index (κ1) is 59.6. The molecule has 3 aromatic carbocycles. The predicted octanol–water partition coefficient (Wildman–Crippen LogP) is 7.15. The van der Waals surface area contributed by atoms with Crippen LogP contribution in [0, 0.1) is 36.3 Å². The number of benzene rings is 3. The minimum absolute atomic E-state index is 0.0132. The molecular formula is C63H72F2N11O7SSi. The number of likely N-dealkylation sites (N-methyl/N-ethyl adjacent to an activating group) is 1. The van der Waals surface area contributed by atoms with E-state index < -0.39 is 28.3 Å². The molecule has 8 heterocycles. The highest BCUT2D eigenvalue weighted by Gasteiger charge is 2.51. The number of carbonyl (C=O) groups is 4. The van der Waals surface area contributed by atoms with Crippen molar-refractivity contribution in [2.75, 3.05) is 64.5 Å². The van der Waals surface area contributed by atoms with Crippen LogP contribution in [0.25, 0.3) is 43.4 Å². The molecule has 5 aliphatic rings. The number of aromatic nitrogens is 4. The van der Waals surface area contributed by atoms with E-state index in [9.17, 15) is 24.3 Å². The number of thiazole rings is 1. The largest absolute Gasteiger partial charge is 0.508 e. The number of piperazine rings is 1. The second-order valence-corrected chi connectivity index (χ2v) is 26.3. The number of phenols is 1. The number of anilines is 1.